The highest BCUT2D eigenvalue weighted by Crippen LogP contribution is 2.51. The maximum Gasteiger partial charge on any atom is 0.231 e. The first-order valence-corrected chi connectivity index (χ1v) is 9.34. The molecule has 0 saturated carbocycles. The van der Waals surface area contributed by atoms with Gasteiger partial charge in [0.25, 0.3) is 0 Å². The van der Waals surface area contributed by atoms with E-state index >= 15 is 0 Å². The monoisotopic (exact) mass is 353 g/mol. The van der Waals surface area contributed by atoms with E-state index in [1.54, 1.807) is 6.07 Å². The predicted molar refractivity (Wildman–Crippen MR) is 96.9 cm³/mol. The SMILES string of the molecule is C[C@@H]1[C@H](c2ccccc2O)c2cc3c(cc2O[C@@H]1N1CCCC1)OCO3. The molecule has 26 heavy (non-hydrogen) atoms. The van der Waals surface area contributed by atoms with Gasteiger partial charge >= 0.3 is 0 Å². The molecule has 3 heterocycles. The lowest BCUT2D eigenvalue weighted by atomic mass is 9.77. The molecule has 0 bridgehead atoms. The van der Waals surface area contributed by atoms with E-state index in [1.165, 1.54) is 12.8 Å². The molecule has 2 aromatic rings. The molecule has 5 heteroatoms. The minimum Gasteiger partial charge on any atom is -0.508 e. The third kappa shape index (κ3) is 2.42. The molecule has 2 aromatic carbocycles. The number of nitrogens with zero attached hydrogens (tertiary/aromatic N) is 1. The van der Waals surface area contributed by atoms with E-state index < -0.39 is 0 Å². The Morgan fingerprint density at radius 3 is 2.46 bits per heavy atom. The smallest absolute Gasteiger partial charge is 0.231 e. The first-order valence-electron chi connectivity index (χ1n) is 9.34. The molecular formula is C21H23NO4. The number of ether oxygens (including phenoxy) is 3. The van der Waals surface area contributed by atoms with Crippen LogP contribution in [-0.4, -0.2) is 36.1 Å². The van der Waals surface area contributed by atoms with Crippen LogP contribution in [-0.2, 0) is 0 Å². The lowest BCUT2D eigenvalue weighted by Crippen LogP contribution is -2.46. The second-order valence-corrected chi connectivity index (χ2v) is 7.39. The van der Waals surface area contributed by atoms with E-state index in [1.807, 2.05) is 30.3 Å². The van der Waals surface area contributed by atoms with Gasteiger partial charge in [-0.15, -0.1) is 0 Å². The lowest BCUT2D eigenvalue weighted by molar-refractivity contribution is -0.0180. The summed E-state index contributed by atoms with van der Waals surface area (Å²) in [4.78, 5) is 2.42. The zero-order valence-corrected chi connectivity index (χ0v) is 14.9. The van der Waals surface area contributed by atoms with E-state index in [0.29, 0.717) is 5.75 Å². The Labute approximate surface area is 153 Å². The fourth-order valence-electron chi connectivity index (χ4n) is 4.57. The van der Waals surface area contributed by atoms with E-state index in [4.69, 9.17) is 14.2 Å². The Bertz CT molecular complexity index is 831. The van der Waals surface area contributed by atoms with Crippen molar-refractivity contribution in [2.45, 2.75) is 31.9 Å². The minimum atomic E-state index is -0.00465. The van der Waals surface area contributed by atoms with Gasteiger partial charge in [-0.3, -0.25) is 4.90 Å². The minimum absolute atomic E-state index is 0.00465. The summed E-state index contributed by atoms with van der Waals surface area (Å²) < 4.78 is 17.6. The molecule has 0 unspecified atom stereocenters. The first-order chi connectivity index (χ1) is 12.7. The molecule has 0 radical (unpaired) electrons. The van der Waals surface area contributed by atoms with Crippen molar-refractivity contribution in [1.29, 1.82) is 0 Å². The molecule has 3 aliphatic heterocycles. The third-order valence-corrected chi connectivity index (χ3v) is 5.84. The number of likely N-dealkylation sites (tertiary alicyclic amines) is 1. The maximum atomic E-state index is 10.5. The molecule has 0 aliphatic carbocycles. The molecule has 1 N–H and O–H groups in total. The summed E-state index contributed by atoms with van der Waals surface area (Å²) in [5, 5.41) is 10.5. The van der Waals surface area contributed by atoms with Crippen molar-refractivity contribution in [3.63, 3.8) is 0 Å². The quantitative estimate of drug-likeness (QED) is 0.892. The van der Waals surface area contributed by atoms with Crippen molar-refractivity contribution in [3.05, 3.63) is 47.5 Å². The molecule has 0 spiro atoms. The number of benzene rings is 2. The molecule has 3 aliphatic rings. The average molecular weight is 353 g/mol. The van der Waals surface area contributed by atoms with Gasteiger partial charge in [0, 0.05) is 42.1 Å². The van der Waals surface area contributed by atoms with Crippen LogP contribution in [0.15, 0.2) is 36.4 Å². The highest BCUT2D eigenvalue weighted by Gasteiger charge is 2.42. The van der Waals surface area contributed by atoms with Gasteiger partial charge in [0.05, 0.1) is 0 Å². The summed E-state index contributed by atoms with van der Waals surface area (Å²) in [5.74, 6) is 2.89. The highest BCUT2D eigenvalue weighted by molar-refractivity contribution is 5.57. The summed E-state index contributed by atoms with van der Waals surface area (Å²) in [6.07, 6.45) is 2.42. The van der Waals surface area contributed by atoms with Crippen molar-refractivity contribution in [1.82, 2.24) is 4.90 Å². The molecule has 0 amide bonds. The standard InChI is InChI=1S/C21H23NO4/c1-13-20(14-6-2-3-7-16(14)23)15-10-18-19(25-12-24-18)11-17(15)26-21(13)22-8-4-5-9-22/h2-3,6-7,10-11,13,20-21,23H,4-5,8-9,12H2,1H3/t13-,20-,21+/m1/s1. The third-order valence-electron chi connectivity index (χ3n) is 5.84. The molecular weight excluding hydrogens is 330 g/mol. The van der Waals surface area contributed by atoms with Gasteiger partial charge in [0.2, 0.25) is 6.79 Å². The van der Waals surface area contributed by atoms with Crippen LogP contribution in [0.5, 0.6) is 23.0 Å². The molecule has 1 fully saturated rings. The number of phenolic OH excluding ortho intramolecular Hbond substituents is 1. The maximum absolute atomic E-state index is 10.5. The summed E-state index contributed by atoms with van der Waals surface area (Å²) in [7, 11) is 0. The summed E-state index contributed by atoms with van der Waals surface area (Å²) in [5.41, 5.74) is 1.99. The first kappa shape index (κ1) is 15.8. The topological polar surface area (TPSA) is 51.2 Å². The second-order valence-electron chi connectivity index (χ2n) is 7.39. The van der Waals surface area contributed by atoms with Crippen molar-refractivity contribution >= 4 is 0 Å². The number of fused-ring (bicyclic) bond motifs is 2. The lowest BCUT2D eigenvalue weighted by Gasteiger charge is -2.42. The van der Waals surface area contributed by atoms with Gasteiger partial charge in [-0.1, -0.05) is 25.1 Å². The van der Waals surface area contributed by atoms with Crippen LogP contribution in [0.3, 0.4) is 0 Å². The molecule has 1 saturated heterocycles. The molecule has 3 atom stereocenters. The number of rotatable bonds is 2. The Balaban J connectivity index is 1.65. The van der Waals surface area contributed by atoms with Gasteiger partial charge in [-0.25, -0.2) is 0 Å². The number of hydrogen-bond acceptors (Lipinski definition) is 5. The Morgan fingerprint density at radius 2 is 1.69 bits per heavy atom. The van der Waals surface area contributed by atoms with Crippen molar-refractivity contribution < 1.29 is 19.3 Å². The number of aromatic hydroxyl groups is 1. The van der Waals surface area contributed by atoms with Crippen molar-refractivity contribution in [2.24, 2.45) is 5.92 Å². The second kappa shape index (κ2) is 6.09. The Hall–Kier alpha value is -2.40. The normalized spacial score (nSPS) is 27.2. The number of para-hydroxylation sites is 1. The average Bonchev–Trinajstić information content (AvgIpc) is 3.32. The highest BCUT2D eigenvalue weighted by atomic mass is 16.7. The van der Waals surface area contributed by atoms with E-state index in [0.717, 1.165) is 41.5 Å². The van der Waals surface area contributed by atoms with E-state index in [2.05, 4.69) is 11.8 Å². The van der Waals surface area contributed by atoms with Gasteiger partial charge in [0.15, 0.2) is 17.7 Å². The van der Waals surface area contributed by atoms with Crippen molar-refractivity contribution in [2.75, 3.05) is 19.9 Å². The van der Waals surface area contributed by atoms with Crippen LogP contribution >= 0.6 is 0 Å². The van der Waals surface area contributed by atoms with Gasteiger partial charge < -0.3 is 19.3 Å². The van der Waals surface area contributed by atoms with Gasteiger partial charge in [-0.05, 0) is 25.0 Å². The van der Waals surface area contributed by atoms with Crippen molar-refractivity contribution in [3.8, 4) is 23.0 Å². The largest absolute Gasteiger partial charge is 0.508 e. The zero-order valence-electron chi connectivity index (χ0n) is 14.9. The zero-order chi connectivity index (χ0) is 17.7. The molecule has 5 rings (SSSR count). The van der Waals surface area contributed by atoms with Crippen LogP contribution in [0.2, 0.25) is 0 Å². The molecule has 5 nitrogen and oxygen atoms in total. The summed E-state index contributed by atoms with van der Waals surface area (Å²) in [6.45, 7) is 4.57. The molecule has 0 aromatic heterocycles. The fourth-order valence-corrected chi connectivity index (χ4v) is 4.57. The molecule has 136 valence electrons. The predicted octanol–water partition coefficient (Wildman–Crippen LogP) is 3.70. The van der Waals surface area contributed by atoms with Crippen LogP contribution in [0, 0.1) is 5.92 Å². The van der Waals surface area contributed by atoms with Crippen LogP contribution in [0.4, 0.5) is 0 Å². The number of hydrogen-bond donors (Lipinski definition) is 1. The van der Waals surface area contributed by atoms with E-state index in [-0.39, 0.29) is 24.9 Å². The van der Waals surface area contributed by atoms with Crippen LogP contribution in [0.25, 0.3) is 0 Å². The fraction of sp³-hybridized carbons (Fsp3) is 0.429. The number of phenols is 1. The van der Waals surface area contributed by atoms with E-state index in [9.17, 15) is 5.11 Å². The van der Waals surface area contributed by atoms with Crippen LogP contribution < -0.4 is 14.2 Å². The van der Waals surface area contributed by atoms with Crippen LogP contribution in [0.1, 0.15) is 36.8 Å². The summed E-state index contributed by atoms with van der Waals surface area (Å²) >= 11 is 0. The Morgan fingerprint density at radius 1 is 0.962 bits per heavy atom. The summed E-state index contributed by atoms with van der Waals surface area (Å²) in [6, 6.07) is 11.6. The van der Waals surface area contributed by atoms with Gasteiger partial charge in [0.1, 0.15) is 11.5 Å². The van der Waals surface area contributed by atoms with Gasteiger partial charge in [-0.2, -0.15) is 0 Å². The Kier molecular flexibility index (Phi) is 3.71.